The van der Waals surface area contributed by atoms with Crippen LogP contribution < -0.4 is 0 Å². The molecule has 0 radical (unpaired) electrons. The molecule has 2 heteroatoms. The second-order valence-corrected chi connectivity index (χ2v) is 8.17. The first kappa shape index (κ1) is 15.8. The number of rotatable bonds is 2. The van der Waals surface area contributed by atoms with Crippen LogP contribution in [0.5, 0.6) is 0 Å². The first-order chi connectivity index (χ1) is 10.2. The third-order valence-electron chi connectivity index (χ3n) is 6.87. The normalized spacial score (nSPS) is 46.0. The average Bonchev–Trinajstić information content (AvgIpc) is 2.75. The molecule has 2 unspecified atom stereocenters. The Morgan fingerprint density at radius 1 is 0.381 bits per heavy atom. The van der Waals surface area contributed by atoms with Crippen LogP contribution in [0.2, 0.25) is 0 Å². The molecule has 0 aromatic heterocycles. The molecule has 0 amide bonds. The summed E-state index contributed by atoms with van der Waals surface area (Å²) in [5.41, 5.74) is 0. The minimum absolute atomic E-state index is 0.00607. The van der Waals surface area contributed by atoms with E-state index in [0.29, 0.717) is 0 Å². The Kier molecular flexibility index (Phi) is 5.61. The summed E-state index contributed by atoms with van der Waals surface area (Å²) in [6, 6.07) is 0. The predicted molar refractivity (Wildman–Crippen MR) is 86.0 cm³/mol. The Bertz CT molecular complexity index is 271. The van der Waals surface area contributed by atoms with Gasteiger partial charge in [0.25, 0.3) is 0 Å². The van der Waals surface area contributed by atoms with Crippen LogP contribution >= 0.6 is 0 Å². The summed E-state index contributed by atoms with van der Waals surface area (Å²) < 4.78 is 0. The predicted octanol–water partition coefficient (Wildman–Crippen LogP) is 4.29. The van der Waals surface area contributed by atoms with E-state index < -0.39 is 0 Å². The summed E-state index contributed by atoms with van der Waals surface area (Å²) in [5, 5.41) is 19.4. The molecule has 21 heavy (non-hydrogen) atoms. The van der Waals surface area contributed by atoms with Crippen molar-refractivity contribution in [3.05, 3.63) is 0 Å². The number of aliphatic hydroxyl groups is 2. The van der Waals surface area contributed by atoms with Gasteiger partial charge in [0.05, 0.1) is 12.2 Å². The molecule has 3 rings (SSSR count). The molecule has 2 atom stereocenters. The average molecular weight is 294 g/mol. The zero-order valence-corrected chi connectivity index (χ0v) is 13.6. The van der Waals surface area contributed by atoms with Crippen LogP contribution in [0.4, 0.5) is 0 Å². The van der Waals surface area contributed by atoms with Crippen LogP contribution in [0.1, 0.15) is 83.5 Å². The van der Waals surface area contributed by atoms with E-state index in [9.17, 15) is 10.2 Å². The van der Waals surface area contributed by atoms with Gasteiger partial charge >= 0.3 is 0 Å². The zero-order chi connectivity index (χ0) is 14.7. The lowest BCUT2D eigenvalue weighted by atomic mass is 9.74. The van der Waals surface area contributed by atoms with Crippen LogP contribution in [-0.2, 0) is 0 Å². The summed E-state index contributed by atoms with van der Waals surface area (Å²) in [4.78, 5) is 0. The summed E-state index contributed by atoms with van der Waals surface area (Å²) in [6.07, 6.45) is 16.4. The van der Waals surface area contributed by atoms with E-state index in [0.717, 1.165) is 49.4 Å². The third-order valence-corrected chi connectivity index (χ3v) is 6.87. The van der Waals surface area contributed by atoms with Crippen LogP contribution in [0, 0.1) is 23.7 Å². The van der Waals surface area contributed by atoms with Gasteiger partial charge < -0.3 is 10.2 Å². The monoisotopic (exact) mass is 294 g/mol. The largest absolute Gasteiger partial charge is 0.393 e. The lowest BCUT2D eigenvalue weighted by Crippen LogP contribution is -2.25. The first-order valence-corrected chi connectivity index (χ1v) is 9.58. The van der Waals surface area contributed by atoms with Crippen molar-refractivity contribution in [1.82, 2.24) is 0 Å². The highest BCUT2D eigenvalue weighted by Crippen LogP contribution is 2.43. The van der Waals surface area contributed by atoms with Crippen LogP contribution in [0.15, 0.2) is 0 Å². The highest BCUT2D eigenvalue weighted by Gasteiger charge is 2.32. The molecule has 0 aliphatic heterocycles. The molecule has 0 bridgehead atoms. The minimum Gasteiger partial charge on any atom is -0.393 e. The molecule has 3 saturated carbocycles. The lowest BCUT2D eigenvalue weighted by molar-refractivity contribution is 0.0818. The van der Waals surface area contributed by atoms with Crippen LogP contribution in [0.25, 0.3) is 0 Å². The van der Waals surface area contributed by atoms with Gasteiger partial charge in [-0.25, -0.2) is 0 Å². The van der Waals surface area contributed by atoms with Crippen molar-refractivity contribution in [3.63, 3.8) is 0 Å². The van der Waals surface area contributed by atoms with E-state index in [1.807, 2.05) is 0 Å². The van der Waals surface area contributed by atoms with Gasteiger partial charge in [-0.3, -0.25) is 0 Å². The second kappa shape index (κ2) is 7.46. The Morgan fingerprint density at radius 3 is 1.05 bits per heavy atom. The summed E-state index contributed by atoms with van der Waals surface area (Å²) in [5.74, 6) is 3.69. The third kappa shape index (κ3) is 4.22. The quantitative estimate of drug-likeness (QED) is 0.746. The van der Waals surface area contributed by atoms with E-state index in [2.05, 4.69) is 0 Å². The fourth-order valence-corrected chi connectivity index (χ4v) is 5.45. The van der Waals surface area contributed by atoms with Crippen molar-refractivity contribution in [2.24, 2.45) is 23.7 Å². The lowest BCUT2D eigenvalue weighted by Gasteiger charge is -2.33. The number of hydrogen-bond acceptors (Lipinski definition) is 2. The number of aliphatic hydroxyl groups excluding tert-OH is 2. The van der Waals surface area contributed by atoms with E-state index in [1.165, 1.54) is 57.8 Å². The van der Waals surface area contributed by atoms with Gasteiger partial charge in [-0.15, -0.1) is 0 Å². The molecule has 2 nitrogen and oxygen atoms in total. The van der Waals surface area contributed by atoms with Gasteiger partial charge in [-0.1, -0.05) is 19.3 Å². The minimum atomic E-state index is -0.00607. The van der Waals surface area contributed by atoms with Gasteiger partial charge in [0.2, 0.25) is 0 Å². The van der Waals surface area contributed by atoms with Gasteiger partial charge in [-0.05, 0) is 87.9 Å². The molecule has 0 aromatic carbocycles. The van der Waals surface area contributed by atoms with Gasteiger partial charge in [0.15, 0.2) is 0 Å². The Labute approximate surface area is 130 Å². The molecular weight excluding hydrogens is 260 g/mol. The Hall–Kier alpha value is -0.0800. The van der Waals surface area contributed by atoms with Crippen molar-refractivity contribution in [2.45, 2.75) is 95.7 Å². The molecule has 122 valence electrons. The Morgan fingerprint density at radius 2 is 0.667 bits per heavy atom. The van der Waals surface area contributed by atoms with Crippen molar-refractivity contribution in [2.75, 3.05) is 0 Å². The van der Waals surface area contributed by atoms with Crippen LogP contribution in [-0.4, -0.2) is 22.4 Å². The molecule has 3 fully saturated rings. The molecule has 3 aliphatic rings. The van der Waals surface area contributed by atoms with Gasteiger partial charge in [0.1, 0.15) is 0 Å². The molecule has 0 aromatic rings. The summed E-state index contributed by atoms with van der Waals surface area (Å²) >= 11 is 0. The standard InChI is InChI=1S/C19H34O2/c20-18-10-6-16(7-11-18)14-2-1-3-15(5-4-14)17-8-12-19(21)13-9-17/h14-21H,1-13H2. The molecule has 2 N–H and O–H groups in total. The van der Waals surface area contributed by atoms with Crippen LogP contribution in [0.3, 0.4) is 0 Å². The highest BCUT2D eigenvalue weighted by molar-refractivity contribution is 4.84. The fraction of sp³-hybridized carbons (Fsp3) is 1.00. The summed E-state index contributed by atoms with van der Waals surface area (Å²) in [7, 11) is 0. The molecule has 0 heterocycles. The highest BCUT2D eigenvalue weighted by atomic mass is 16.3. The molecular formula is C19H34O2. The van der Waals surface area contributed by atoms with E-state index in [4.69, 9.17) is 0 Å². The number of hydrogen-bond donors (Lipinski definition) is 2. The van der Waals surface area contributed by atoms with Gasteiger partial charge in [0, 0.05) is 0 Å². The second-order valence-electron chi connectivity index (χ2n) is 8.17. The molecule has 0 spiro atoms. The van der Waals surface area contributed by atoms with Crippen molar-refractivity contribution >= 4 is 0 Å². The smallest absolute Gasteiger partial charge is 0.0540 e. The topological polar surface area (TPSA) is 40.5 Å². The first-order valence-electron chi connectivity index (χ1n) is 9.58. The summed E-state index contributed by atoms with van der Waals surface area (Å²) in [6.45, 7) is 0. The maximum Gasteiger partial charge on any atom is 0.0540 e. The van der Waals surface area contributed by atoms with Crippen molar-refractivity contribution in [1.29, 1.82) is 0 Å². The maximum absolute atomic E-state index is 9.69. The van der Waals surface area contributed by atoms with Gasteiger partial charge in [-0.2, -0.15) is 0 Å². The van der Waals surface area contributed by atoms with E-state index in [-0.39, 0.29) is 12.2 Å². The van der Waals surface area contributed by atoms with E-state index in [1.54, 1.807) is 0 Å². The molecule has 3 aliphatic carbocycles. The van der Waals surface area contributed by atoms with Crippen molar-refractivity contribution in [3.8, 4) is 0 Å². The zero-order valence-electron chi connectivity index (χ0n) is 13.6. The fourth-order valence-electron chi connectivity index (χ4n) is 5.45. The van der Waals surface area contributed by atoms with Crippen molar-refractivity contribution < 1.29 is 10.2 Å². The maximum atomic E-state index is 9.69. The SMILES string of the molecule is OC1CCC(C2CCCC(C3CCC(O)CC3)CC2)CC1. The molecule has 0 saturated heterocycles. The Balaban J connectivity index is 1.47. The van der Waals surface area contributed by atoms with E-state index >= 15 is 0 Å².